The molecule has 0 aliphatic rings. The van der Waals surface area contributed by atoms with Crippen molar-refractivity contribution >= 4 is 11.9 Å². The average molecular weight is 236 g/mol. The highest BCUT2D eigenvalue weighted by atomic mass is 16.5. The first-order valence-corrected chi connectivity index (χ1v) is 5.38. The predicted octanol–water partition coefficient (Wildman–Crippen LogP) is 1.58. The van der Waals surface area contributed by atoms with Gasteiger partial charge >= 0.3 is 11.9 Å². The Morgan fingerprint density at radius 3 is 2.06 bits per heavy atom. The lowest BCUT2D eigenvalue weighted by Crippen LogP contribution is -2.27. The van der Waals surface area contributed by atoms with Gasteiger partial charge in [-0.15, -0.1) is 0 Å². The van der Waals surface area contributed by atoms with Crippen LogP contribution in [0.15, 0.2) is 30.3 Å². The SMILES string of the molecule is COC(=O)C(CCc1ccccc1)C(=O)OC. The number of aryl methyl sites for hydroxylation is 1. The van der Waals surface area contributed by atoms with Gasteiger partial charge in [-0.2, -0.15) is 0 Å². The van der Waals surface area contributed by atoms with Crippen molar-refractivity contribution in [2.75, 3.05) is 14.2 Å². The Morgan fingerprint density at radius 2 is 1.59 bits per heavy atom. The summed E-state index contributed by atoms with van der Waals surface area (Å²) < 4.78 is 9.17. The van der Waals surface area contributed by atoms with Gasteiger partial charge in [-0.25, -0.2) is 0 Å². The van der Waals surface area contributed by atoms with Gasteiger partial charge in [0.25, 0.3) is 0 Å². The minimum absolute atomic E-state index is 0.392. The summed E-state index contributed by atoms with van der Waals surface area (Å²) in [6.45, 7) is 0. The van der Waals surface area contributed by atoms with E-state index in [1.807, 2.05) is 30.3 Å². The molecule has 0 aromatic heterocycles. The molecule has 1 aromatic carbocycles. The van der Waals surface area contributed by atoms with E-state index >= 15 is 0 Å². The number of benzene rings is 1. The minimum Gasteiger partial charge on any atom is -0.468 e. The molecule has 0 bridgehead atoms. The first kappa shape index (κ1) is 13.2. The number of esters is 2. The molecule has 0 saturated heterocycles. The molecule has 4 heteroatoms. The second-order valence-corrected chi connectivity index (χ2v) is 3.62. The predicted molar refractivity (Wildman–Crippen MR) is 62.3 cm³/mol. The van der Waals surface area contributed by atoms with Crippen LogP contribution in [0, 0.1) is 5.92 Å². The zero-order chi connectivity index (χ0) is 12.7. The van der Waals surface area contributed by atoms with Crippen LogP contribution in [0.25, 0.3) is 0 Å². The number of carbonyl (C=O) groups is 2. The summed E-state index contributed by atoms with van der Waals surface area (Å²) in [7, 11) is 2.53. The van der Waals surface area contributed by atoms with Crippen LogP contribution in [-0.4, -0.2) is 26.2 Å². The molecule has 0 radical (unpaired) electrons. The molecule has 0 aliphatic carbocycles. The van der Waals surface area contributed by atoms with E-state index in [1.165, 1.54) is 14.2 Å². The van der Waals surface area contributed by atoms with Crippen LogP contribution < -0.4 is 0 Å². The Bertz CT molecular complexity index is 356. The Hall–Kier alpha value is -1.84. The van der Waals surface area contributed by atoms with Gasteiger partial charge < -0.3 is 9.47 Å². The quantitative estimate of drug-likeness (QED) is 0.575. The molecule has 0 amide bonds. The summed E-state index contributed by atoms with van der Waals surface area (Å²) in [4.78, 5) is 22.8. The van der Waals surface area contributed by atoms with Gasteiger partial charge in [0.1, 0.15) is 0 Å². The third-order valence-corrected chi connectivity index (χ3v) is 2.54. The van der Waals surface area contributed by atoms with Crippen molar-refractivity contribution < 1.29 is 19.1 Å². The summed E-state index contributed by atoms with van der Waals surface area (Å²) in [6, 6.07) is 9.65. The molecular weight excluding hydrogens is 220 g/mol. The summed E-state index contributed by atoms with van der Waals surface area (Å²) in [5, 5.41) is 0. The Labute approximate surface area is 101 Å². The molecular formula is C13H16O4. The highest BCUT2D eigenvalue weighted by Crippen LogP contribution is 2.13. The zero-order valence-electron chi connectivity index (χ0n) is 10.0. The lowest BCUT2D eigenvalue weighted by molar-refractivity contribution is -0.159. The molecule has 4 nitrogen and oxygen atoms in total. The molecule has 92 valence electrons. The lowest BCUT2D eigenvalue weighted by atomic mass is 9.99. The standard InChI is InChI=1S/C13H16O4/c1-16-12(14)11(13(15)17-2)9-8-10-6-4-3-5-7-10/h3-7,11H,8-9H2,1-2H3. The van der Waals surface area contributed by atoms with Gasteiger partial charge in [0.2, 0.25) is 0 Å². The van der Waals surface area contributed by atoms with Crippen molar-refractivity contribution in [3.05, 3.63) is 35.9 Å². The van der Waals surface area contributed by atoms with Gasteiger partial charge in [-0.05, 0) is 18.4 Å². The molecule has 0 N–H and O–H groups in total. The zero-order valence-corrected chi connectivity index (χ0v) is 10.0. The van der Waals surface area contributed by atoms with Gasteiger partial charge in [0.15, 0.2) is 5.92 Å². The van der Waals surface area contributed by atoms with Crippen molar-refractivity contribution in [3.8, 4) is 0 Å². The number of ether oxygens (including phenoxy) is 2. The first-order chi connectivity index (χ1) is 8.19. The van der Waals surface area contributed by atoms with Crippen LogP contribution in [0.1, 0.15) is 12.0 Å². The highest BCUT2D eigenvalue weighted by Gasteiger charge is 2.27. The fourth-order valence-corrected chi connectivity index (χ4v) is 1.57. The van der Waals surface area contributed by atoms with Crippen LogP contribution in [0.3, 0.4) is 0 Å². The Balaban J connectivity index is 2.61. The maximum absolute atomic E-state index is 11.4. The molecule has 0 aliphatic heterocycles. The summed E-state index contributed by atoms with van der Waals surface area (Å²) in [5.74, 6) is -1.94. The van der Waals surface area contributed by atoms with E-state index in [-0.39, 0.29) is 0 Å². The average Bonchev–Trinajstić information content (AvgIpc) is 2.39. The summed E-state index contributed by atoms with van der Waals surface area (Å²) >= 11 is 0. The van der Waals surface area contributed by atoms with Crippen molar-refractivity contribution in [3.63, 3.8) is 0 Å². The molecule has 0 atom stereocenters. The monoisotopic (exact) mass is 236 g/mol. The van der Waals surface area contributed by atoms with E-state index in [2.05, 4.69) is 9.47 Å². The number of methoxy groups -OCH3 is 2. The minimum atomic E-state index is -0.842. The Kier molecular flexibility index (Phi) is 5.20. The second-order valence-electron chi connectivity index (χ2n) is 3.62. The molecule has 0 unspecified atom stereocenters. The third-order valence-electron chi connectivity index (χ3n) is 2.54. The molecule has 0 fully saturated rings. The van der Waals surface area contributed by atoms with Crippen LogP contribution in [0.4, 0.5) is 0 Å². The van der Waals surface area contributed by atoms with E-state index in [0.29, 0.717) is 12.8 Å². The van der Waals surface area contributed by atoms with E-state index in [9.17, 15) is 9.59 Å². The summed E-state index contributed by atoms with van der Waals surface area (Å²) in [5.41, 5.74) is 1.07. The molecule has 0 saturated carbocycles. The van der Waals surface area contributed by atoms with Gasteiger partial charge in [0, 0.05) is 0 Å². The fraction of sp³-hybridized carbons (Fsp3) is 0.385. The molecule has 0 spiro atoms. The normalized spacial score (nSPS) is 10.1. The maximum atomic E-state index is 11.4. The first-order valence-electron chi connectivity index (χ1n) is 5.38. The highest BCUT2D eigenvalue weighted by molar-refractivity contribution is 5.94. The Morgan fingerprint density at radius 1 is 1.06 bits per heavy atom. The van der Waals surface area contributed by atoms with Gasteiger partial charge in [-0.3, -0.25) is 9.59 Å². The second kappa shape index (κ2) is 6.68. The number of carbonyl (C=O) groups excluding carboxylic acids is 2. The van der Waals surface area contributed by atoms with E-state index in [4.69, 9.17) is 0 Å². The number of hydrogen-bond donors (Lipinski definition) is 0. The van der Waals surface area contributed by atoms with Crippen molar-refractivity contribution in [1.29, 1.82) is 0 Å². The molecule has 17 heavy (non-hydrogen) atoms. The summed E-state index contributed by atoms with van der Waals surface area (Å²) in [6.07, 6.45) is 1.03. The maximum Gasteiger partial charge on any atom is 0.320 e. The van der Waals surface area contributed by atoms with Crippen LogP contribution in [-0.2, 0) is 25.5 Å². The smallest absolute Gasteiger partial charge is 0.320 e. The number of rotatable bonds is 5. The van der Waals surface area contributed by atoms with Gasteiger partial charge in [-0.1, -0.05) is 30.3 Å². The van der Waals surface area contributed by atoms with Crippen LogP contribution in [0.5, 0.6) is 0 Å². The van der Waals surface area contributed by atoms with Crippen molar-refractivity contribution in [1.82, 2.24) is 0 Å². The lowest BCUT2D eigenvalue weighted by Gasteiger charge is -2.11. The van der Waals surface area contributed by atoms with E-state index in [0.717, 1.165) is 5.56 Å². The molecule has 0 heterocycles. The fourth-order valence-electron chi connectivity index (χ4n) is 1.57. The van der Waals surface area contributed by atoms with E-state index < -0.39 is 17.9 Å². The van der Waals surface area contributed by atoms with Crippen molar-refractivity contribution in [2.45, 2.75) is 12.8 Å². The number of hydrogen-bond acceptors (Lipinski definition) is 4. The topological polar surface area (TPSA) is 52.6 Å². The third kappa shape index (κ3) is 3.90. The van der Waals surface area contributed by atoms with E-state index in [1.54, 1.807) is 0 Å². The molecule has 1 rings (SSSR count). The molecule has 1 aromatic rings. The van der Waals surface area contributed by atoms with Gasteiger partial charge in [0.05, 0.1) is 14.2 Å². The van der Waals surface area contributed by atoms with Crippen LogP contribution in [0.2, 0.25) is 0 Å². The van der Waals surface area contributed by atoms with Crippen LogP contribution >= 0.6 is 0 Å². The largest absolute Gasteiger partial charge is 0.468 e. The van der Waals surface area contributed by atoms with Crippen molar-refractivity contribution in [2.24, 2.45) is 5.92 Å².